The number of halogens is 3. The summed E-state index contributed by atoms with van der Waals surface area (Å²) in [5.74, 6) is -1.27. The van der Waals surface area contributed by atoms with Crippen LogP contribution in [0.3, 0.4) is 0 Å². The predicted octanol–water partition coefficient (Wildman–Crippen LogP) is 2.81. The Balaban J connectivity index is 2.24. The Morgan fingerprint density at radius 2 is 1.80 bits per heavy atom. The molecule has 0 aliphatic rings. The third-order valence-corrected chi connectivity index (χ3v) is 4.86. The lowest BCUT2D eigenvalue weighted by molar-refractivity contribution is -0.145. The molecule has 1 aromatic carbocycles. The number of aromatic nitrogens is 3. The molecule has 0 amide bonds. The van der Waals surface area contributed by atoms with Crippen molar-refractivity contribution >= 4 is 21.2 Å². The van der Waals surface area contributed by atoms with Crippen molar-refractivity contribution in [2.75, 3.05) is 17.6 Å². The van der Waals surface area contributed by atoms with Crippen LogP contribution in [0.5, 0.6) is 0 Å². The van der Waals surface area contributed by atoms with Crippen LogP contribution in [0.2, 0.25) is 0 Å². The molecule has 0 fully saturated rings. The van der Waals surface area contributed by atoms with Crippen molar-refractivity contribution in [1.82, 2.24) is 14.6 Å². The van der Waals surface area contributed by atoms with Crippen molar-refractivity contribution in [2.24, 2.45) is 0 Å². The van der Waals surface area contributed by atoms with Gasteiger partial charge in [0.1, 0.15) is 0 Å². The van der Waals surface area contributed by atoms with E-state index in [1.165, 1.54) is 7.05 Å². The van der Waals surface area contributed by atoms with Gasteiger partial charge in [0.05, 0.1) is 29.4 Å². The SMILES string of the molecule is CN(c1ccccc1-c1ccc2cnc(C(F)(F)F)nn12)S(C)(=O)=O. The van der Waals surface area contributed by atoms with Gasteiger partial charge < -0.3 is 0 Å². The molecule has 0 aliphatic heterocycles. The van der Waals surface area contributed by atoms with Crippen LogP contribution in [0.4, 0.5) is 18.9 Å². The van der Waals surface area contributed by atoms with E-state index in [4.69, 9.17) is 0 Å². The molecule has 25 heavy (non-hydrogen) atoms. The number of rotatable bonds is 3. The summed E-state index contributed by atoms with van der Waals surface area (Å²) >= 11 is 0. The second-order valence-electron chi connectivity index (χ2n) is 5.38. The maximum atomic E-state index is 12.9. The lowest BCUT2D eigenvalue weighted by Gasteiger charge is -2.20. The second-order valence-corrected chi connectivity index (χ2v) is 7.40. The zero-order chi connectivity index (χ0) is 18.4. The lowest BCUT2D eigenvalue weighted by atomic mass is 10.1. The van der Waals surface area contributed by atoms with Gasteiger partial charge in [-0.15, -0.1) is 5.10 Å². The third kappa shape index (κ3) is 3.16. The Hall–Kier alpha value is -2.62. The van der Waals surface area contributed by atoms with Crippen molar-refractivity contribution in [3.63, 3.8) is 0 Å². The van der Waals surface area contributed by atoms with Crippen molar-refractivity contribution in [2.45, 2.75) is 6.18 Å². The van der Waals surface area contributed by atoms with Crippen LogP contribution < -0.4 is 4.31 Å². The van der Waals surface area contributed by atoms with Crippen LogP contribution in [0.1, 0.15) is 5.82 Å². The number of anilines is 1. The lowest BCUT2D eigenvalue weighted by Crippen LogP contribution is -2.25. The normalized spacial score (nSPS) is 12.5. The number of hydrogen-bond acceptors (Lipinski definition) is 4. The highest BCUT2D eigenvalue weighted by Crippen LogP contribution is 2.33. The van der Waals surface area contributed by atoms with E-state index in [9.17, 15) is 21.6 Å². The van der Waals surface area contributed by atoms with Crippen LogP contribution in [0.25, 0.3) is 16.8 Å². The average Bonchev–Trinajstić information content (AvgIpc) is 2.95. The summed E-state index contributed by atoms with van der Waals surface area (Å²) in [6.45, 7) is 0. The van der Waals surface area contributed by atoms with E-state index >= 15 is 0 Å². The Labute approximate surface area is 141 Å². The minimum atomic E-state index is -4.68. The number of alkyl halides is 3. The fraction of sp³-hybridized carbons (Fsp3) is 0.200. The summed E-state index contributed by atoms with van der Waals surface area (Å²) in [5.41, 5.74) is 1.45. The van der Waals surface area contributed by atoms with E-state index in [0.29, 0.717) is 22.5 Å². The van der Waals surface area contributed by atoms with Crippen LogP contribution >= 0.6 is 0 Å². The molecule has 3 aromatic rings. The Kier molecular flexibility index (Phi) is 3.94. The highest BCUT2D eigenvalue weighted by molar-refractivity contribution is 7.92. The van der Waals surface area contributed by atoms with E-state index in [2.05, 4.69) is 10.1 Å². The van der Waals surface area contributed by atoms with Gasteiger partial charge in [0.15, 0.2) is 0 Å². The van der Waals surface area contributed by atoms with Gasteiger partial charge in [0.2, 0.25) is 10.0 Å². The van der Waals surface area contributed by atoms with Crippen molar-refractivity contribution < 1.29 is 21.6 Å². The molecule has 2 aromatic heterocycles. The minimum Gasteiger partial charge on any atom is -0.273 e. The van der Waals surface area contributed by atoms with Gasteiger partial charge >= 0.3 is 6.18 Å². The molecule has 0 aliphatic carbocycles. The molecule has 0 N–H and O–H groups in total. The van der Waals surface area contributed by atoms with E-state index in [1.54, 1.807) is 36.4 Å². The number of sulfonamides is 1. The summed E-state index contributed by atoms with van der Waals surface area (Å²) in [4.78, 5) is 3.32. The second kappa shape index (κ2) is 5.73. The van der Waals surface area contributed by atoms with Gasteiger partial charge in [-0.25, -0.2) is 17.9 Å². The summed E-state index contributed by atoms with van der Waals surface area (Å²) in [5, 5.41) is 3.56. The fourth-order valence-corrected chi connectivity index (χ4v) is 2.90. The number of fused-ring (bicyclic) bond motifs is 1. The summed E-state index contributed by atoms with van der Waals surface area (Å²) in [7, 11) is -2.17. The van der Waals surface area contributed by atoms with Gasteiger partial charge in [-0.1, -0.05) is 18.2 Å². The number of nitrogens with zero attached hydrogens (tertiary/aromatic N) is 4. The van der Waals surface area contributed by atoms with E-state index < -0.39 is 22.0 Å². The van der Waals surface area contributed by atoms with Crippen LogP contribution in [0, 0.1) is 0 Å². The molecular formula is C15H13F3N4O2S. The monoisotopic (exact) mass is 370 g/mol. The third-order valence-electron chi connectivity index (χ3n) is 3.67. The molecule has 0 spiro atoms. The maximum absolute atomic E-state index is 12.9. The molecule has 0 radical (unpaired) electrons. The van der Waals surface area contributed by atoms with Crippen molar-refractivity contribution in [3.8, 4) is 11.3 Å². The molecule has 3 rings (SSSR count). The molecule has 132 valence electrons. The number of benzene rings is 1. The van der Waals surface area contributed by atoms with E-state index in [-0.39, 0.29) is 0 Å². The highest BCUT2D eigenvalue weighted by Gasteiger charge is 2.35. The number of hydrogen-bond donors (Lipinski definition) is 0. The van der Waals surface area contributed by atoms with Gasteiger partial charge in [-0.3, -0.25) is 4.31 Å². The molecule has 0 atom stereocenters. The zero-order valence-corrected chi connectivity index (χ0v) is 14.0. The van der Waals surface area contributed by atoms with E-state index in [1.807, 2.05) is 0 Å². The van der Waals surface area contributed by atoms with Crippen molar-refractivity contribution in [3.05, 3.63) is 48.4 Å². The Morgan fingerprint density at radius 1 is 1.12 bits per heavy atom. The summed E-state index contributed by atoms with van der Waals surface area (Å²) in [6.07, 6.45) is -2.56. The van der Waals surface area contributed by atoms with Gasteiger partial charge in [-0.2, -0.15) is 13.2 Å². The first-order chi connectivity index (χ1) is 11.6. The van der Waals surface area contributed by atoms with Crippen LogP contribution in [-0.4, -0.2) is 36.3 Å². The summed E-state index contributed by atoms with van der Waals surface area (Å²) in [6, 6.07) is 9.63. The Morgan fingerprint density at radius 3 is 2.44 bits per heavy atom. The zero-order valence-electron chi connectivity index (χ0n) is 13.2. The molecule has 6 nitrogen and oxygen atoms in total. The largest absolute Gasteiger partial charge is 0.453 e. The molecule has 0 saturated carbocycles. The first kappa shape index (κ1) is 17.2. The predicted molar refractivity (Wildman–Crippen MR) is 86.7 cm³/mol. The minimum absolute atomic E-state index is 0.328. The van der Waals surface area contributed by atoms with Crippen LogP contribution in [-0.2, 0) is 16.2 Å². The molecule has 0 bridgehead atoms. The molecule has 0 unspecified atom stereocenters. The van der Waals surface area contributed by atoms with Crippen molar-refractivity contribution in [1.29, 1.82) is 0 Å². The first-order valence-electron chi connectivity index (χ1n) is 7.04. The average molecular weight is 370 g/mol. The molecule has 0 saturated heterocycles. The molecule has 10 heteroatoms. The summed E-state index contributed by atoms with van der Waals surface area (Å²) < 4.78 is 64.5. The van der Waals surface area contributed by atoms with E-state index in [0.717, 1.165) is 21.3 Å². The van der Waals surface area contributed by atoms with Crippen LogP contribution in [0.15, 0.2) is 42.6 Å². The molecular weight excluding hydrogens is 357 g/mol. The molecule has 2 heterocycles. The number of para-hydroxylation sites is 1. The smallest absolute Gasteiger partial charge is 0.273 e. The quantitative estimate of drug-likeness (QED) is 0.711. The highest BCUT2D eigenvalue weighted by atomic mass is 32.2. The maximum Gasteiger partial charge on any atom is 0.453 e. The Bertz CT molecular complexity index is 1040. The van der Waals surface area contributed by atoms with Gasteiger partial charge in [-0.05, 0) is 18.2 Å². The first-order valence-corrected chi connectivity index (χ1v) is 8.89. The topological polar surface area (TPSA) is 67.6 Å². The van der Waals surface area contributed by atoms with Gasteiger partial charge in [0.25, 0.3) is 5.82 Å². The fourth-order valence-electron chi connectivity index (χ4n) is 2.38. The standard InChI is InChI=1S/C15H13F3N4O2S/c1-21(25(2,23)24)12-6-4-3-5-11(12)13-8-7-10-9-19-14(15(16,17)18)20-22(10)13/h3-9H,1-2H3. The van der Waals surface area contributed by atoms with Gasteiger partial charge in [0, 0.05) is 12.6 Å².